The van der Waals surface area contributed by atoms with Crippen molar-refractivity contribution in [3.8, 4) is 29.1 Å². The summed E-state index contributed by atoms with van der Waals surface area (Å²) in [6, 6.07) is 29.8. The maximum absolute atomic E-state index is 12.4. The number of allylic oxidation sites excluding steroid dienone is 1. The summed E-state index contributed by atoms with van der Waals surface area (Å²) in [6.07, 6.45) is 0. The van der Waals surface area contributed by atoms with Crippen molar-refractivity contribution in [1.82, 2.24) is 0 Å². The second kappa shape index (κ2) is 11.9. The first-order valence-corrected chi connectivity index (χ1v) is 12.5. The number of benzene rings is 4. The van der Waals surface area contributed by atoms with E-state index >= 15 is 0 Å². The largest absolute Gasteiger partial charge is 0.489 e. The molecule has 4 aromatic carbocycles. The van der Waals surface area contributed by atoms with Gasteiger partial charge in [-0.3, -0.25) is 10.1 Å². The molecule has 0 aliphatic carbocycles. The number of hydrogen-bond acceptors (Lipinski definition) is 9. The number of fused-ring (bicyclic) bond motifs is 1. The normalized spacial score (nSPS) is 13.8. The first-order chi connectivity index (χ1) is 19.9. The Morgan fingerprint density at radius 2 is 1.66 bits per heavy atom. The van der Waals surface area contributed by atoms with Gasteiger partial charge < -0.3 is 24.7 Å². The van der Waals surface area contributed by atoms with E-state index in [4.69, 9.17) is 24.7 Å². The Labute approximate surface area is 234 Å². The lowest BCUT2D eigenvalue weighted by Gasteiger charge is -2.26. The number of hydrogen-bond donors (Lipinski definition) is 1. The molecular weight excluding hydrogens is 526 g/mol. The van der Waals surface area contributed by atoms with Crippen LogP contribution in [0.1, 0.15) is 22.6 Å². The molecule has 0 radical (unpaired) electrons. The zero-order chi connectivity index (χ0) is 28.8. The fraction of sp³-hybridized carbons (Fsp3) is 0.0968. The smallest absolute Gasteiger partial charge is 0.349 e. The Hall–Kier alpha value is -5.82. The van der Waals surface area contributed by atoms with Gasteiger partial charge in [0, 0.05) is 17.7 Å². The van der Waals surface area contributed by atoms with Gasteiger partial charge in [-0.25, -0.2) is 4.79 Å². The Morgan fingerprint density at radius 1 is 0.951 bits per heavy atom. The zero-order valence-corrected chi connectivity index (χ0v) is 21.6. The minimum atomic E-state index is -0.775. The summed E-state index contributed by atoms with van der Waals surface area (Å²) in [5.74, 6) is -0.258. The van der Waals surface area contributed by atoms with Gasteiger partial charge in [-0.15, -0.1) is 0 Å². The lowest BCUT2D eigenvalue weighted by molar-refractivity contribution is -0.385. The summed E-state index contributed by atoms with van der Waals surface area (Å²) < 4.78 is 22.2. The van der Waals surface area contributed by atoms with Crippen LogP contribution in [-0.2, 0) is 11.4 Å². The van der Waals surface area contributed by atoms with E-state index in [-0.39, 0.29) is 28.6 Å². The standard InChI is InChI=1S/C31H23N3O7/c32-17-25-30(21-10-12-22(13-11-21)38-18-20-6-2-1-3-7-20)24-15-14-23(16-28(24)41-31(25)33)40-29(35)19-39-27-9-5-4-8-26(27)34(36)37/h1-16,30H,18-19,33H2. The van der Waals surface area contributed by atoms with Gasteiger partial charge in [-0.2, -0.15) is 5.26 Å². The number of carbonyl (C=O) groups excluding carboxylic acids is 1. The number of esters is 1. The molecule has 4 aromatic rings. The average Bonchev–Trinajstić information content (AvgIpc) is 2.99. The first kappa shape index (κ1) is 26.8. The van der Waals surface area contributed by atoms with Crippen LogP contribution in [0, 0.1) is 21.4 Å². The number of ether oxygens (including phenoxy) is 4. The van der Waals surface area contributed by atoms with Crippen molar-refractivity contribution in [2.75, 3.05) is 6.61 Å². The maximum Gasteiger partial charge on any atom is 0.349 e. The molecule has 0 fully saturated rings. The highest BCUT2D eigenvalue weighted by molar-refractivity contribution is 5.74. The van der Waals surface area contributed by atoms with Crippen molar-refractivity contribution in [3.63, 3.8) is 0 Å². The predicted molar refractivity (Wildman–Crippen MR) is 147 cm³/mol. The Morgan fingerprint density at radius 3 is 2.39 bits per heavy atom. The summed E-state index contributed by atoms with van der Waals surface area (Å²) in [4.78, 5) is 23.0. The lowest BCUT2D eigenvalue weighted by Crippen LogP contribution is -2.21. The average molecular weight is 550 g/mol. The minimum Gasteiger partial charge on any atom is -0.489 e. The summed E-state index contributed by atoms with van der Waals surface area (Å²) in [6.45, 7) is -0.129. The molecule has 0 aromatic heterocycles. The highest BCUT2D eigenvalue weighted by Crippen LogP contribution is 2.43. The molecule has 2 N–H and O–H groups in total. The fourth-order valence-electron chi connectivity index (χ4n) is 4.37. The summed E-state index contributed by atoms with van der Waals surface area (Å²) in [7, 11) is 0. The van der Waals surface area contributed by atoms with Crippen molar-refractivity contribution in [2.45, 2.75) is 12.5 Å². The highest BCUT2D eigenvalue weighted by Gasteiger charge is 2.31. The van der Waals surface area contributed by atoms with Gasteiger partial charge >= 0.3 is 11.7 Å². The molecule has 10 nitrogen and oxygen atoms in total. The van der Waals surface area contributed by atoms with Crippen molar-refractivity contribution in [1.29, 1.82) is 5.26 Å². The molecule has 0 saturated heterocycles. The number of carbonyl (C=O) groups is 1. The van der Waals surface area contributed by atoms with Crippen LogP contribution >= 0.6 is 0 Å². The molecule has 41 heavy (non-hydrogen) atoms. The van der Waals surface area contributed by atoms with Crippen molar-refractivity contribution < 1.29 is 28.7 Å². The lowest BCUT2D eigenvalue weighted by atomic mass is 9.83. The predicted octanol–water partition coefficient (Wildman–Crippen LogP) is 5.38. The molecule has 1 heterocycles. The van der Waals surface area contributed by atoms with Crippen molar-refractivity contribution in [2.24, 2.45) is 5.73 Å². The number of nitro groups is 1. The molecule has 5 rings (SSSR count). The number of nitriles is 1. The molecule has 204 valence electrons. The van der Waals surface area contributed by atoms with Crippen LogP contribution < -0.4 is 24.7 Å². The fourth-order valence-corrected chi connectivity index (χ4v) is 4.37. The molecule has 1 unspecified atom stereocenters. The van der Waals surface area contributed by atoms with Gasteiger partial charge in [0.15, 0.2) is 12.4 Å². The first-order valence-electron chi connectivity index (χ1n) is 12.5. The van der Waals surface area contributed by atoms with E-state index in [9.17, 15) is 20.2 Å². The van der Waals surface area contributed by atoms with E-state index in [1.807, 2.05) is 54.6 Å². The molecular formula is C31H23N3O7. The van der Waals surface area contributed by atoms with Crippen LogP contribution in [0.5, 0.6) is 23.0 Å². The monoisotopic (exact) mass is 549 g/mol. The third-order valence-electron chi connectivity index (χ3n) is 6.29. The maximum atomic E-state index is 12.4. The van der Waals surface area contributed by atoms with Crippen LogP contribution in [0.2, 0.25) is 0 Å². The Bertz CT molecular complexity index is 1660. The number of nitro benzene ring substituents is 1. The van der Waals surface area contributed by atoms with Gasteiger partial charge in [0.05, 0.1) is 10.8 Å². The van der Waals surface area contributed by atoms with Gasteiger partial charge in [-0.05, 0) is 35.4 Å². The SMILES string of the molecule is N#CC1=C(N)Oc2cc(OC(=O)COc3ccccc3[N+](=O)[O-])ccc2C1c1ccc(OCc2ccccc2)cc1. The van der Waals surface area contributed by atoms with Gasteiger partial charge in [0.25, 0.3) is 0 Å². The molecule has 1 atom stereocenters. The minimum absolute atomic E-state index is 0.0514. The number of nitrogens with two attached hydrogens (primary N) is 1. The van der Waals surface area contributed by atoms with Gasteiger partial charge in [0.1, 0.15) is 35.5 Å². The molecule has 0 bridgehead atoms. The highest BCUT2D eigenvalue weighted by atomic mass is 16.6. The van der Waals surface area contributed by atoms with Crippen molar-refractivity contribution >= 4 is 11.7 Å². The molecule has 0 amide bonds. The van der Waals surface area contributed by atoms with Gasteiger partial charge in [-0.1, -0.05) is 60.7 Å². The summed E-state index contributed by atoms with van der Waals surface area (Å²) in [5.41, 5.74) is 8.58. The quantitative estimate of drug-likeness (QED) is 0.126. The third kappa shape index (κ3) is 6.10. The Balaban J connectivity index is 1.30. The van der Waals surface area contributed by atoms with Crippen LogP contribution in [0.4, 0.5) is 5.69 Å². The topological polar surface area (TPSA) is 147 Å². The van der Waals surface area contributed by atoms with E-state index in [2.05, 4.69) is 6.07 Å². The molecule has 0 saturated carbocycles. The Kier molecular flexibility index (Phi) is 7.79. The van der Waals surface area contributed by atoms with Gasteiger partial charge in [0.2, 0.25) is 5.88 Å². The van der Waals surface area contributed by atoms with Crippen LogP contribution in [0.25, 0.3) is 0 Å². The van der Waals surface area contributed by atoms with E-state index < -0.39 is 23.4 Å². The molecule has 0 spiro atoms. The van der Waals surface area contributed by atoms with E-state index in [0.29, 0.717) is 23.7 Å². The molecule has 10 heteroatoms. The second-order valence-electron chi connectivity index (χ2n) is 8.96. The van der Waals surface area contributed by atoms with Crippen LogP contribution in [-0.4, -0.2) is 17.5 Å². The zero-order valence-electron chi connectivity index (χ0n) is 21.6. The summed E-state index contributed by atoms with van der Waals surface area (Å²) in [5, 5.41) is 21.0. The second-order valence-corrected chi connectivity index (χ2v) is 8.96. The van der Waals surface area contributed by atoms with E-state index in [0.717, 1.165) is 11.1 Å². The van der Waals surface area contributed by atoms with Crippen LogP contribution in [0.3, 0.4) is 0 Å². The third-order valence-corrected chi connectivity index (χ3v) is 6.29. The van der Waals surface area contributed by atoms with E-state index in [1.165, 1.54) is 24.3 Å². The van der Waals surface area contributed by atoms with Crippen LogP contribution in [0.15, 0.2) is 109 Å². The molecule has 1 aliphatic heterocycles. The van der Waals surface area contributed by atoms with E-state index in [1.54, 1.807) is 18.2 Å². The number of nitrogens with zero attached hydrogens (tertiary/aromatic N) is 2. The molecule has 1 aliphatic rings. The number of rotatable bonds is 9. The van der Waals surface area contributed by atoms with Crippen molar-refractivity contribution in [3.05, 3.63) is 135 Å². The number of para-hydroxylation sites is 2. The summed E-state index contributed by atoms with van der Waals surface area (Å²) >= 11 is 0.